The van der Waals surface area contributed by atoms with E-state index in [1.54, 1.807) is 29.2 Å². The van der Waals surface area contributed by atoms with Crippen LogP contribution in [0.3, 0.4) is 0 Å². The number of hydrogen-bond donors (Lipinski definition) is 0. The molecule has 30 heavy (non-hydrogen) atoms. The molecule has 7 nitrogen and oxygen atoms in total. The zero-order valence-corrected chi connectivity index (χ0v) is 16.4. The Bertz CT molecular complexity index is 1080. The average molecular weight is 405 g/mol. The SMILES string of the molecule is Cc1ccc(OC2CC3CC2N(C(=O)c2cccc(F)c2-c2ncccn2)C3)nn1. The molecular formula is C22H20FN5O2. The first kappa shape index (κ1) is 18.6. The summed E-state index contributed by atoms with van der Waals surface area (Å²) in [4.78, 5) is 23.5. The van der Waals surface area contributed by atoms with Crippen molar-refractivity contribution in [3.05, 3.63) is 65.9 Å². The van der Waals surface area contributed by atoms with Gasteiger partial charge in [0.25, 0.3) is 5.91 Å². The Morgan fingerprint density at radius 3 is 2.67 bits per heavy atom. The second-order valence-electron chi connectivity index (χ2n) is 7.77. The topological polar surface area (TPSA) is 81.1 Å². The lowest BCUT2D eigenvalue weighted by Crippen LogP contribution is -2.47. The Morgan fingerprint density at radius 2 is 1.93 bits per heavy atom. The molecule has 1 saturated carbocycles. The summed E-state index contributed by atoms with van der Waals surface area (Å²) in [6, 6.07) is 9.69. The zero-order chi connectivity index (χ0) is 20.7. The summed E-state index contributed by atoms with van der Waals surface area (Å²) in [6.45, 7) is 2.50. The molecule has 3 heterocycles. The van der Waals surface area contributed by atoms with E-state index in [4.69, 9.17) is 4.74 Å². The molecule has 5 rings (SSSR count). The Hall–Kier alpha value is -3.42. The molecule has 152 valence electrons. The van der Waals surface area contributed by atoms with Gasteiger partial charge in [0.1, 0.15) is 11.9 Å². The molecule has 1 saturated heterocycles. The van der Waals surface area contributed by atoms with Gasteiger partial charge in [0, 0.05) is 25.0 Å². The van der Waals surface area contributed by atoms with Crippen molar-refractivity contribution in [1.29, 1.82) is 0 Å². The first-order chi connectivity index (χ1) is 14.6. The van der Waals surface area contributed by atoms with E-state index in [9.17, 15) is 9.18 Å². The highest BCUT2D eigenvalue weighted by molar-refractivity contribution is 6.00. The van der Waals surface area contributed by atoms with Crippen LogP contribution >= 0.6 is 0 Å². The van der Waals surface area contributed by atoms with Crippen molar-refractivity contribution in [2.75, 3.05) is 6.54 Å². The number of benzene rings is 1. The number of carbonyl (C=O) groups excluding carboxylic acids is 1. The number of amides is 1. The molecular weight excluding hydrogens is 385 g/mol. The van der Waals surface area contributed by atoms with Crippen molar-refractivity contribution in [3.63, 3.8) is 0 Å². The van der Waals surface area contributed by atoms with Gasteiger partial charge in [0.05, 0.1) is 22.9 Å². The summed E-state index contributed by atoms with van der Waals surface area (Å²) >= 11 is 0. The second kappa shape index (κ2) is 7.44. The number of aryl methyl sites for hydroxylation is 1. The van der Waals surface area contributed by atoms with E-state index in [-0.39, 0.29) is 35.0 Å². The molecule has 2 fully saturated rings. The molecule has 2 aromatic heterocycles. The normalized spacial score (nSPS) is 22.3. The quantitative estimate of drug-likeness (QED) is 0.664. The maximum Gasteiger partial charge on any atom is 0.255 e. The maximum absolute atomic E-state index is 14.7. The third-order valence-corrected chi connectivity index (χ3v) is 5.76. The Balaban J connectivity index is 1.42. The summed E-state index contributed by atoms with van der Waals surface area (Å²) in [7, 11) is 0. The fourth-order valence-corrected chi connectivity index (χ4v) is 4.44. The summed E-state index contributed by atoms with van der Waals surface area (Å²) in [5, 5.41) is 8.11. The highest BCUT2D eigenvalue weighted by atomic mass is 19.1. The number of likely N-dealkylation sites (tertiary alicyclic amines) is 1. The minimum absolute atomic E-state index is 0.0848. The van der Waals surface area contributed by atoms with Crippen molar-refractivity contribution < 1.29 is 13.9 Å². The summed E-state index contributed by atoms with van der Waals surface area (Å²) in [5.74, 6) is 0.264. The van der Waals surface area contributed by atoms with E-state index in [0.717, 1.165) is 18.5 Å². The molecule has 2 aliphatic rings. The van der Waals surface area contributed by atoms with E-state index >= 15 is 0 Å². The highest BCUT2D eigenvalue weighted by Crippen LogP contribution is 2.41. The number of carbonyl (C=O) groups is 1. The number of rotatable bonds is 4. The number of piperidine rings is 1. The van der Waals surface area contributed by atoms with Gasteiger partial charge in [-0.3, -0.25) is 4.79 Å². The van der Waals surface area contributed by atoms with E-state index in [2.05, 4.69) is 20.2 Å². The molecule has 1 aliphatic heterocycles. The molecule has 2 bridgehead atoms. The second-order valence-corrected chi connectivity index (χ2v) is 7.77. The van der Waals surface area contributed by atoms with Crippen LogP contribution in [-0.2, 0) is 0 Å². The summed E-state index contributed by atoms with van der Waals surface area (Å²) < 4.78 is 20.7. The van der Waals surface area contributed by atoms with Crippen LogP contribution in [0.2, 0.25) is 0 Å². The molecule has 3 unspecified atom stereocenters. The zero-order valence-electron chi connectivity index (χ0n) is 16.4. The summed E-state index contributed by atoms with van der Waals surface area (Å²) in [6.07, 6.45) is 4.64. The number of aromatic nitrogens is 4. The predicted molar refractivity (Wildman–Crippen MR) is 106 cm³/mol. The first-order valence-electron chi connectivity index (χ1n) is 9.94. The van der Waals surface area contributed by atoms with Crippen molar-refractivity contribution >= 4 is 5.91 Å². The fourth-order valence-electron chi connectivity index (χ4n) is 4.44. The van der Waals surface area contributed by atoms with E-state index in [0.29, 0.717) is 18.3 Å². The van der Waals surface area contributed by atoms with Crippen LogP contribution in [0, 0.1) is 18.7 Å². The molecule has 0 N–H and O–H groups in total. The lowest BCUT2D eigenvalue weighted by atomic mass is 10.0. The lowest BCUT2D eigenvalue weighted by molar-refractivity contribution is 0.0464. The third kappa shape index (κ3) is 3.28. The van der Waals surface area contributed by atoms with Crippen LogP contribution in [0.25, 0.3) is 11.4 Å². The summed E-state index contributed by atoms with van der Waals surface area (Å²) in [5.41, 5.74) is 1.21. The number of ether oxygens (including phenoxy) is 1. The molecule has 1 amide bonds. The predicted octanol–water partition coefficient (Wildman–Crippen LogP) is 3.06. The van der Waals surface area contributed by atoms with Gasteiger partial charge in [-0.05, 0) is 49.9 Å². The largest absolute Gasteiger partial charge is 0.471 e. The average Bonchev–Trinajstić information content (AvgIpc) is 3.36. The van der Waals surface area contributed by atoms with Gasteiger partial charge >= 0.3 is 0 Å². The minimum atomic E-state index is -0.515. The van der Waals surface area contributed by atoms with Crippen LogP contribution in [0.15, 0.2) is 48.8 Å². The van der Waals surface area contributed by atoms with Gasteiger partial charge < -0.3 is 9.64 Å². The molecule has 3 aromatic rings. The van der Waals surface area contributed by atoms with E-state index in [1.165, 1.54) is 18.5 Å². The van der Waals surface area contributed by atoms with E-state index in [1.807, 2.05) is 13.0 Å². The lowest BCUT2D eigenvalue weighted by Gasteiger charge is -2.33. The smallest absolute Gasteiger partial charge is 0.255 e. The maximum atomic E-state index is 14.7. The monoisotopic (exact) mass is 405 g/mol. The number of hydrogen-bond acceptors (Lipinski definition) is 6. The molecule has 3 atom stereocenters. The number of halogens is 1. The Morgan fingerprint density at radius 1 is 1.10 bits per heavy atom. The van der Waals surface area contributed by atoms with Crippen molar-refractivity contribution in [1.82, 2.24) is 25.1 Å². The Labute approximate surface area is 173 Å². The van der Waals surface area contributed by atoms with Crippen LogP contribution < -0.4 is 4.74 Å². The number of fused-ring (bicyclic) bond motifs is 2. The molecule has 0 radical (unpaired) electrons. The van der Waals surface area contributed by atoms with Gasteiger partial charge in [0.2, 0.25) is 5.88 Å². The van der Waals surface area contributed by atoms with Crippen molar-refractivity contribution in [2.24, 2.45) is 5.92 Å². The Kier molecular flexibility index (Phi) is 4.61. The molecule has 1 aromatic carbocycles. The first-order valence-corrected chi connectivity index (χ1v) is 9.94. The standard InChI is InChI=1S/C22H20FN5O2/c1-13-6-7-19(27-26-13)30-18-11-14-10-17(18)28(12-14)22(29)15-4-2-5-16(23)20(15)21-24-8-3-9-25-21/h2-9,14,17-18H,10-12H2,1H3. The van der Waals surface area contributed by atoms with Gasteiger partial charge in [-0.25, -0.2) is 14.4 Å². The van der Waals surface area contributed by atoms with Gasteiger partial charge in [-0.1, -0.05) is 6.07 Å². The van der Waals surface area contributed by atoms with Gasteiger partial charge in [0.15, 0.2) is 5.82 Å². The number of nitrogens with zero attached hydrogens (tertiary/aromatic N) is 5. The van der Waals surface area contributed by atoms with Crippen LogP contribution in [0.4, 0.5) is 4.39 Å². The van der Waals surface area contributed by atoms with Crippen molar-refractivity contribution in [3.8, 4) is 17.3 Å². The molecule has 0 spiro atoms. The minimum Gasteiger partial charge on any atom is -0.471 e. The van der Waals surface area contributed by atoms with E-state index < -0.39 is 5.82 Å². The van der Waals surface area contributed by atoms with Gasteiger partial charge in [-0.2, -0.15) is 5.10 Å². The van der Waals surface area contributed by atoms with Crippen molar-refractivity contribution in [2.45, 2.75) is 31.9 Å². The van der Waals surface area contributed by atoms with Gasteiger partial charge in [-0.15, -0.1) is 5.10 Å². The van der Waals surface area contributed by atoms with Crippen LogP contribution in [0.5, 0.6) is 5.88 Å². The fraction of sp³-hybridized carbons (Fsp3) is 0.318. The molecule has 1 aliphatic carbocycles. The van der Waals surface area contributed by atoms with Crippen LogP contribution in [0.1, 0.15) is 28.9 Å². The third-order valence-electron chi connectivity index (χ3n) is 5.76. The molecule has 8 heteroatoms. The highest BCUT2D eigenvalue weighted by Gasteiger charge is 2.48. The van der Waals surface area contributed by atoms with Crippen LogP contribution in [-0.4, -0.2) is 49.7 Å².